The van der Waals surface area contributed by atoms with Gasteiger partial charge in [-0.25, -0.2) is 5.43 Å². The van der Waals surface area contributed by atoms with Crippen LogP contribution in [0.3, 0.4) is 0 Å². The molecule has 3 aromatic carbocycles. The first-order chi connectivity index (χ1) is 13.2. The Morgan fingerprint density at radius 1 is 0.926 bits per heavy atom. The molecule has 3 rings (SSSR count). The number of anilines is 1. The van der Waals surface area contributed by atoms with Crippen molar-refractivity contribution in [3.63, 3.8) is 0 Å². The van der Waals surface area contributed by atoms with Gasteiger partial charge in [-0.2, -0.15) is 5.10 Å². The topological polar surface area (TPSA) is 72.0 Å². The van der Waals surface area contributed by atoms with E-state index in [-0.39, 0.29) is 12.5 Å². The minimum Gasteiger partial charge on any atom is -0.496 e. The summed E-state index contributed by atoms with van der Waals surface area (Å²) in [4.78, 5) is 12.0. The Bertz CT molecular complexity index is 970. The van der Waals surface area contributed by atoms with Crippen molar-refractivity contribution in [3.8, 4) is 11.5 Å². The van der Waals surface area contributed by atoms with Crippen LogP contribution in [0.5, 0.6) is 11.5 Å². The molecule has 0 atom stereocenters. The van der Waals surface area contributed by atoms with Crippen molar-refractivity contribution in [2.45, 2.75) is 0 Å². The Labute approximate surface area is 157 Å². The zero-order valence-electron chi connectivity index (χ0n) is 15.2. The summed E-state index contributed by atoms with van der Waals surface area (Å²) in [5.41, 5.74) is 4.17. The largest absolute Gasteiger partial charge is 0.496 e. The van der Waals surface area contributed by atoms with Crippen molar-refractivity contribution < 1.29 is 14.3 Å². The lowest BCUT2D eigenvalue weighted by Crippen LogP contribution is -2.26. The summed E-state index contributed by atoms with van der Waals surface area (Å²) in [6.07, 6.45) is 1.63. The molecule has 6 nitrogen and oxygen atoms in total. The number of amides is 1. The van der Waals surface area contributed by atoms with E-state index < -0.39 is 0 Å². The fourth-order valence-corrected chi connectivity index (χ4v) is 2.76. The van der Waals surface area contributed by atoms with Crippen molar-refractivity contribution in [3.05, 3.63) is 66.2 Å². The average Bonchev–Trinajstić information content (AvgIpc) is 2.72. The molecule has 0 aromatic heterocycles. The number of nitrogens with one attached hydrogen (secondary N) is 2. The van der Waals surface area contributed by atoms with Crippen LogP contribution in [0, 0.1) is 0 Å². The van der Waals surface area contributed by atoms with E-state index in [1.165, 1.54) is 0 Å². The van der Waals surface area contributed by atoms with Crippen LogP contribution in [0.25, 0.3) is 10.8 Å². The van der Waals surface area contributed by atoms with Gasteiger partial charge in [-0.3, -0.25) is 4.79 Å². The van der Waals surface area contributed by atoms with Gasteiger partial charge >= 0.3 is 0 Å². The summed E-state index contributed by atoms with van der Waals surface area (Å²) in [6.45, 7) is 0.0844. The molecule has 0 heterocycles. The average molecular weight is 363 g/mol. The van der Waals surface area contributed by atoms with Crippen molar-refractivity contribution >= 4 is 28.6 Å². The van der Waals surface area contributed by atoms with Gasteiger partial charge in [-0.1, -0.05) is 36.4 Å². The summed E-state index contributed by atoms with van der Waals surface area (Å²) in [6, 6.07) is 19.1. The molecule has 0 aliphatic rings. The lowest BCUT2D eigenvalue weighted by atomic mass is 10.0. The highest BCUT2D eigenvalue weighted by Gasteiger charge is 2.06. The maximum atomic E-state index is 12.0. The molecule has 0 aliphatic heterocycles. The van der Waals surface area contributed by atoms with Gasteiger partial charge in [0.05, 0.1) is 32.7 Å². The molecule has 1 amide bonds. The minimum atomic E-state index is -0.255. The fourth-order valence-electron chi connectivity index (χ4n) is 2.76. The van der Waals surface area contributed by atoms with E-state index in [1.54, 1.807) is 20.4 Å². The maximum Gasteiger partial charge on any atom is 0.259 e. The number of carbonyl (C=O) groups excluding carboxylic acids is 1. The first-order valence-electron chi connectivity index (χ1n) is 8.47. The summed E-state index contributed by atoms with van der Waals surface area (Å²) >= 11 is 0. The highest BCUT2D eigenvalue weighted by molar-refractivity contribution is 6.02. The maximum absolute atomic E-state index is 12.0. The number of methoxy groups -OCH3 is 2. The van der Waals surface area contributed by atoms with Crippen LogP contribution >= 0.6 is 0 Å². The Morgan fingerprint density at radius 2 is 1.63 bits per heavy atom. The molecule has 27 heavy (non-hydrogen) atoms. The fraction of sp³-hybridized carbons (Fsp3) is 0.143. The van der Waals surface area contributed by atoms with Gasteiger partial charge in [0.15, 0.2) is 0 Å². The lowest BCUT2D eigenvalue weighted by molar-refractivity contribution is -0.119. The summed E-state index contributed by atoms with van der Waals surface area (Å²) in [5.74, 6) is 1.22. The van der Waals surface area contributed by atoms with E-state index >= 15 is 0 Å². The second kappa shape index (κ2) is 8.71. The lowest BCUT2D eigenvalue weighted by Gasteiger charge is -2.10. The molecule has 0 aliphatic carbocycles. The first kappa shape index (κ1) is 18.3. The van der Waals surface area contributed by atoms with Crippen molar-refractivity contribution in [2.75, 3.05) is 26.1 Å². The highest BCUT2D eigenvalue weighted by Crippen LogP contribution is 2.27. The van der Waals surface area contributed by atoms with E-state index in [0.29, 0.717) is 5.75 Å². The van der Waals surface area contributed by atoms with Crippen LogP contribution in [0.4, 0.5) is 5.69 Å². The quantitative estimate of drug-likeness (QED) is 0.498. The number of para-hydroxylation sites is 2. The van der Waals surface area contributed by atoms with Gasteiger partial charge in [-0.05, 0) is 29.7 Å². The molecule has 6 heteroatoms. The molecule has 0 saturated heterocycles. The van der Waals surface area contributed by atoms with Crippen molar-refractivity contribution in [2.24, 2.45) is 5.10 Å². The highest BCUT2D eigenvalue weighted by atomic mass is 16.5. The summed E-state index contributed by atoms with van der Waals surface area (Å²) in [7, 11) is 3.23. The van der Waals surface area contributed by atoms with Gasteiger partial charge in [0.1, 0.15) is 11.5 Å². The van der Waals surface area contributed by atoms with Gasteiger partial charge in [0.25, 0.3) is 5.91 Å². The Morgan fingerprint density at radius 3 is 2.41 bits per heavy atom. The van der Waals surface area contributed by atoms with E-state index in [0.717, 1.165) is 27.8 Å². The van der Waals surface area contributed by atoms with Crippen LogP contribution in [0.15, 0.2) is 65.8 Å². The van der Waals surface area contributed by atoms with Gasteiger partial charge < -0.3 is 14.8 Å². The predicted octanol–water partition coefficient (Wildman–Crippen LogP) is 3.42. The van der Waals surface area contributed by atoms with Crippen LogP contribution in [-0.2, 0) is 4.79 Å². The van der Waals surface area contributed by atoms with Gasteiger partial charge in [-0.15, -0.1) is 0 Å². The molecule has 0 saturated carbocycles. The molecule has 0 spiro atoms. The predicted molar refractivity (Wildman–Crippen MR) is 108 cm³/mol. The third-order valence-corrected chi connectivity index (χ3v) is 4.08. The second-order valence-electron chi connectivity index (χ2n) is 5.75. The second-order valence-corrected chi connectivity index (χ2v) is 5.75. The molecular weight excluding hydrogens is 342 g/mol. The number of fused-ring (bicyclic) bond motifs is 1. The number of hydrogen-bond acceptors (Lipinski definition) is 5. The zero-order valence-corrected chi connectivity index (χ0v) is 15.2. The molecule has 0 bridgehead atoms. The van der Waals surface area contributed by atoms with Gasteiger partial charge in [0, 0.05) is 10.9 Å². The van der Waals surface area contributed by atoms with Gasteiger partial charge in [0.2, 0.25) is 0 Å². The molecule has 0 radical (unpaired) electrons. The number of hydrogen-bond donors (Lipinski definition) is 2. The van der Waals surface area contributed by atoms with Crippen molar-refractivity contribution in [1.82, 2.24) is 5.43 Å². The Balaban J connectivity index is 1.64. The van der Waals surface area contributed by atoms with E-state index in [1.807, 2.05) is 60.7 Å². The standard InChI is InChI=1S/C21H21N3O3/c1-26-19-12-11-15(16-7-3-4-8-17(16)19)13-23-24-21(25)14-22-18-9-5-6-10-20(18)27-2/h3-13,22H,14H2,1-2H3,(H,24,25). The molecule has 138 valence electrons. The normalized spacial score (nSPS) is 10.7. The third kappa shape index (κ3) is 4.36. The molecule has 0 unspecified atom stereocenters. The first-order valence-corrected chi connectivity index (χ1v) is 8.47. The number of ether oxygens (including phenoxy) is 2. The number of benzene rings is 3. The monoisotopic (exact) mass is 363 g/mol. The summed E-state index contributed by atoms with van der Waals surface area (Å²) < 4.78 is 10.6. The van der Waals surface area contributed by atoms with E-state index in [9.17, 15) is 4.79 Å². The molecular formula is C21H21N3O3. The Hall–Kier alpha value is -3.54. The van der Waals surface area contributed by atoms with Crippen LogP contribution in [0.1, 0.15) is 5.56 Å². The van der Waals surface area contributed by atoms with E-state index in [2.05, 4.69) is 15.8 Å². The van der Waals surface area contributed by atoms with E-state index in [4.69, 9.17) is 9.47 Å². The van der Waals surface area contributed by atoms with Crippen LogP contribution < -0.4 is 20.2 Å². The SMILES string of the molecule is COc1ccccc1NCC(=O)NN=Cc1ccc(OC)c2ccccc12. The minimum absolute atomic E-state index is 0.0844. The molecule has 2 N–H and O–H groups in total. The number of rotatable bonds is 7. The number of hydrazone groups is 1. The third-order valence-electron chi connectivity index (χ3n) is 4.08. The van der Waals surface area contributed by atoms with Crippen LogP contribution in [0.2, 0.25) is 0 Å². The summed E-state index contributed by atoms with van der Waals surface area (Å²) in [5, 5.41) is 9.09. The van der Waals surface area contributed by atoms with Crippen molar-refractivity contribution in [1.29, 1.82) is 0 Å². The van der Waals surface area contributed by atoms with Crippen LogP contribution in [-0.4, -0.2) is 32.9 Å². The molecule has 3 aromatic rings. The zero-order chi connectivity index (χ0) is 19.1. The molecule has 0 fully saturated rings. The number of carbonyl (C=O) groups is 1. The Kier molecular flexibility index (Phi) is 5.89. The number of nitrogens with zero attached hydrogens (tertiary/aromatic N) is 1. The smallest absolute Gasteiger partial charge is 0.259 e.